The van der Waals surface area contributed by atoms with E-state index in [1.54, 1.807) is 37.4 Å². The molecule has 0 aliphatic heterocycles. The van der Waals surface area contributed by atoms with Gasteiger partial charge in [-0.3, -0.25) is 4.79 Å². The lowest BCUT2D eigenvalue weighted by molar-refractivity contribution is 0.102. The maximum absolute atomic E-state index is 12.5. The first-order chi connectivity index (χ1) is 12.6. The Bertz CT molecular complexity index is 789. The topological polar surface area (TPSA) is 76.4 Å². The van der Waals surface area contributed by atoms with Crippen LogP contribution in [0.3, 0.4) is 0 Å². The van der Waals surface area contributed by atoms with Crippen molar-refractivity contribution >= 4 is 34.6 Å². The number of halogens is 1. The van der Waals surface area contributed by atoms with Gasteiger partial charge in [0, 0.05) is 11.6 Å². The molecule has 0 saturated heterocycles. The molecule has 1 saturated carbocycles. The van der Waals surface area contributed by atoms with Gasteiger partial charge in [-0.15, -0.1) is 0 Å². The molecule has 3 rings (SSSR count). The number of rotatable bonds is 5. The summed E-state index contributed by atoms with van der Waals surface area (Å²) in [6.07, 6.45) is 6.01. The Kier molecular flexibility index (Phi) is 5.89. The second kappa shape index (κ2) is 8.32. The fourth-order valence-corrected chi connectivity index (χ4v) is 3.45. The summed E-state index contributed by atoms with van der Waals surface area (Å²) < 4.78 is 5.17. The fourth-order valence-electron chi connectivity index (χ4n) is 3.24. The Balaban J connectivity index is 1.78. The van der Waals surface area contributed by atoms with Crippen LogP contribution in [0.1, 0.15) is 42.5 Å². The number of hydrogen-bond donors (Lipinski definition) is 3. The lowest BCUT2D eigenvalue weighted by Gasteiger charge is -2.25. The Morgan fingerprint density at radius 2 is 1.92 bits per heavy atom. The molecule has 0 radical (unpaired) electrons. The molecule has 2 aromatic rings. The molecule has 6 heteroatoms. The van der Waals surface area contributed by atoms with Crippen molar-refractivity contribution in [3.63, 3.8) is 0 Å². The summed E-state index contributed by atoms with van der Waals surface area (Å²) in [5.41, 5.74) is 8.54. The van der Waals surface area contributed by atoms with Crippen molar-refractivity contribution < 1.29 is 9.53 Å². The molecule has 1 aliphatic carbocycles. The van der Waals surface area contributed by atoms with Crippen molar-refractivity contribution in [1.82, 2.24) is 0 Å². The molecule has 0 atom stereocenters. The van der Waals surface area contributed by atoms with Gasteiger partial charge in [0.2, 0.25) is 0 Å². The second-order valence-electron chi connectivity index (χ2n) is 6.58. The number of amides is 1. The molecule has 5 nitrogen and oxygen atoms in total. The molecule has 1 aliphatic rings. The summed E-state index contributed by atoms with van der Waals surface area (Å²) in [6, 6.07) is 10.9. The van der Waals surface area contributed by atoms with Gasteiger partial charge in [0.25, 0.3) is 5.91 Å². The Hall–Kier alpha value is -2.40. The van der Waals surface area contributed by atoms with Crippen LogP contribution in [0, 0.1) is 0 Å². The summed E-state index contributed by atoms with van der Waals surface area (Å²) in [5, 5.41) is 6.76. The van der Waals surface area contributed by atoms with Gasteiger partial charge < -0.3 is 21.1 Å². The number of nitrogens with two attached hydrogens (primary N) is 1. The molecule has 0 unspecified atom stereocenters. The number of methoxy groups -OCH3 is 1. The first kappa shape index (κ1) is 18.4. The van der Waals surface area contributed by atoms with Gasteiger partial charge in [-0.1, -0.05) is 36.9 Å². The van der Waals surface area contributed by atoms with Crippen LogP contribution in [0.4, 0.5) is 17.1 Å². The van der Waals surface area contributed by atoms with Crippen molar-refractivity contribution in [2.24, 2.45) is 0 Å². The summed E-state index contributed by atoms with van der Waals surface area (Å²) in [4.78, 5) is 12.5. The van der Waals surface area contributed by atoms with E-state index in [4.69, 9.17) is 22.1 Å². The van der Waals surface area contributed by atoms with Crippen LogP contribution in [0.25, 0.3) is 0 Å². The highest BCUT2D eigenvalue weighted by atomic mass is 35.5. The van der Waals surface area contributed by atoms with Gasteiger partial charge in [-0.25, -0.2) is 0 Å². The molecule has 26 heavy (non-hydrogen) atoms. The van der Waals surface area contributed by atoms with E-state index in [1.807, 2.05) is 6.07 Å². The monoisotopic (exact) mass is 373 g/mol. The van der Waals surface area contributed by atoms with E-state index in [0.29, 0.717) is 33.8 Å². The van der Waals surface area contributed by atoms with Crippen molar-refractivity contribution in [1.29, 1.82) is 0 Å². The smallest absolute Gasteiger partial charge is 0.255 e. The number of carbonyl (C=O) groups is 1. The molecule has 1 fully saturated rings. The van der Waals surface area contributed by atoms with E-state index in [9.17, 15) is 4.79 Å². The van der Waals surface area contributed by atoms with Crippen molar-refractivity contribution in [2.45, 2.75) is 38.1 Å². The summed E-state index contributed by atoms with van der Waals surface area (Å²) >= 11 is 6.29. The first-order valence-corrected chi connectivity index (χ1v) is 9.25. The lowest BCUT2D eigenvalue weighted by atomic mass is 9.95. The second-order valence-corrected chi connectivity index (χ2v) is 6.99. The fraction of sp³-hybridized carbons (Fsp3) is 0.350. The summed E-state index contributed by atoms with van der Waals surface area (Å²) in [5.74, 6) is 0.375. The Morgan fingerprint density at radius 3 is 2.65 bits per heavy atom. The molecular formula is C20H24ClN3O2. The number of nitrogen functional groups attached to an aromatic ring is 1. The molecule has 0 heterocycles. The largest absolute Gasteiger partial charge is 0.497 e. The number of anilines is 3. The van der Waals surface area contributed by atoms with E-state index in [1.165, 1.54) is 19.3 Å². The molecular weight excluding hydrogens is 350 g/mol. The predicted octanol–water partition coefficient (Wildman–Crippen LogP) is 4.93. The number of benzene rings is 2. The quantitative estimate of drug-likeness (QED) is 0.649. The van der Waals surface area contributed by atoms with E-state index >= 15 is 0 Å². The normalized spacial score (nSPS) is 14.7. The minimum absolute atomic E-state index is 0.251. The molecule has 138 valence electrons. The van der Waals surface area contributed by atoms with Crippen LogP contribution in [-0.2, 0) is 0 Å². The molecule has 1 amide bonds. The predicted molar refractivity (Wildman–Crippen MR) is 107 cm³/mol. The first-order valence-electron chi connectivity index (χ1n) is 8.88. The lowest BCUT2D eigenvalue weighted by Crippen LogP contribution is -2.23. The Morgan fingerprint density at radius 1 is 1.15 bits per heavy atom. The van der Waals surface area contributed by atoms with Gasteiger partial charge >= 0.3 is 0 Å². The van der Waals surface area contributed by atoms with Gasteiger partial charge in [0.1, 0.15) is 5.75 Å². The summed E-state index contributed by atoms with van der Waals surface area (Å²) in [6.45, 7) is 0. The zero-order valence-electron chi connectivity index (χ0n) is 14.8. The number of hydrogen-bond acceptors (Lipinski definition) is 4. The third-order valence-corrected chi connectivity index (χ3v) is 5.00. The average Bonchev–Trinajstić information content (AvgIpc) is 2.66. The highest BCUT2D eigenvalue weighted by Crippen LogP contribution is 2.33. The summed E-state index contributed by atoms with van der Waals surface area (Å²) in [7, 11) is 1.57. The SMILES string of the molecule is COc1cccc(C(=O)Nc2cc(NC3CCCCC3)c(N)cc2Cl)c1. The van der Waals surface area contributed by atoms with Crippen LogP contribution in [-0.4, -0.2) is 19.1 Å². The molecule has 0 bridgehead atoms. The van der Waals surface area contributed by atoms with Crippen molar-refractivity contribution in [3.05, 3.63) is 47.0 Å². The molecule has 2 aromatic carbocycles. The number of ether oxygens (including phenoxy) is 1. The van der Waals surface area contributed by atoms with Gasteiger partial charge in [0.15, 0.2) is 0 Å². The zero-order valence-corrected chi connectivity index (χ0v) is 15.6. The maximum Gasteiger partial charge on any atom is 0.255 e. The van der Waals surface area contributed by atoms with E-state index in [-0.39, 0.29) is 5.91 Å². The molecule has 0 spiro atoms. The molecule has 0 aromatic heterocycles. The Labute approximate surface area is 158 Å². The zero-order chi connectivity index (χ0) is 18.5. The van der Waals surface area contributed by atoms with Crippen LogP contribution in [0.5, 0.6) is 5.75 Å². The maximum atomic E-state index is 12.5. The van der Waals surface area contributed by atoms with Crippen LogP contribution < -0.4 is 21.1 Å². The highest BCUT2D eigenvalue weighted by Gasteiger charge is 2.16. The van der Waals surface area contributed by atoms with E-state index in [2.05, 4.69) is 10.6 Å². The number of carbonyl (C=O) groups excluding carboxylic acids is 1. The van der Waals surface area contributed by atoms with Crippen molar-refractivity contribution in [3.8, 4) is 5.75 Å². The standard InChI is InChI=1S/C20H24ClN3O2/c1-26-15-9-5-6-13(10-15)20(25)24-18-12-19(17(22)11-16(18)21)23-14-7-3-2-4-8-14/h5-6,9-12,14,23H,2-4,7-8,22H2,1H3,(H,24,25). The van der Waals surface area contributed by atoms with Gasteiger partial charge in [0.05, 0.1) is 29.2 Å². The number of nitrogens with one attached hydrogen (secondary N) is 2. The van der Waals surface area contributed by atoms with Crippen molar-refractivity contribution in [2.75, 3.05) is 23.5 Å². The average molecular weight is 374 g/mol. The highest BCUT2D eigenvalue weighted by molar-refractivity contribution is 6.34. The van der Waals surface area contributed by atoms with E-state index < -0.39 is 0 Å². The van der Waals surface area contributed by atoms with E-state index in [0.717, 1.165) is 18.5 Å². The minimum atomic E-state index is -0.251. The minimum Gasteiger partial charge on any atom is -0.497 e. The third kappa shape index (κ3) is 4.41. The van der Waals surface area contributed by atoms with Crippen LogP contribution in [0.2, 0.25) is 5.02 Å². The van der Waals surface area contributed by atoms with Crippen LogP contribution in [0.15, 0.2) is 36.4 Å². The van der Waals surface area contributed by atoms with Crippen LogP contribution >= 0.6 is 11.6 Å². The molecule has 4 N–H and O–H groups in total. The van der Waals surface area contributed by atoms with Gasteiger partial charge in [-0.2, -0.15) is 0 Å². The van der Waals surface area contributed by atoms with Gasteiger partial charge in [-0.05, 0) is 43.2 Å². The third-order valence-electron chi connectivity index (χ3n) is 4.68.